The third-order valence-electron chi connectivity index (χ3n) is 5.92. The second-order valence-electron chi connectivity index (χ2n) is 7.56. The predicted octanol–water partition coefficient (Wildman–Crippen LogP) is 2.82. The van der Waals surface area contributed by atoms with Gasteiger partial charge in [0.15, 0.2) is 0 Å². The molecule has 1 spiro atoms. The number of aromatic nitrogens is 1. The summed E-state index contributed by atoms with van der Waals surface area (Å²) >= 11 is 1.54. The maximum Gasteiger partial charge on any atom is 0.230 e. The lowest BCUT2D eigenvalue weighted by Crippen LogP contribution is -2.50. The van der Waals surface area contributed by atoms with E-state index in [1.54, 1.807) is 18.0 Å². The molecule has 6 heteroatoms. The van der Waals surface area contributed by atoms with Crippen molar-refractivity contribution in [3.8, 4) is 0 Å². The first kappa shape index (κ1) is 19.4. The number of pyridine rings is 1. The molecule has 1 aromatic carbocycles. The summed E-state index contributed by atoms with van der Waals surface area (Å²) in [6, 6.07) is 12.4. The summed E-state index contributed by atoms with van der Waals surface area (Å²) in [6.45, 7) is 2.43. The zero-order valence-corrected chi connectivity index (χ0v) is 17.0. The number of amides is 1. The number of piperidine rings is 1. The van der Waals surface area contributed by atoms with Crippen LogP contribution in [0.15, 0.2) is 48.8 Å². The van der Waals surface area contributed by atoms with Crippen molar-refractivity contribution in [1.82, 2.24) is 15.6 Å². The third-order valence-corrected chi connectivity index (χ3v) is 6.47. The van der Waals surface area contributed by atoms with E-state index in [2.05, 4.69) is 39.9 Å². The van der Waals surface area contributed by atoms with Crippen LogP contribution in [0, 0.1) is 0 Å². The van der Waals surface area contributed by atoms with Crippen LogP contribution in [0.4, 0.5) is 0 Å². The average Bonchev–Trinajstić information content (AvgIpc) is 2.97. The minimum Gasteiger partial charge on any atom is -0.370 e. The molecule has 1 amide bonds. The first-order valence-electron chi connectivity index (χ1n) is 9.83. The first-order valence-corrected chi connectivity index (χ1v) is 11.2. The fourth-order valence-electron chi connectivity index (χ4n) is 4.71. The Labute approximate surface area is 170 Å². The van der Waals surface area contributed by atoms with E-state index in [-0.39, 0.29) is 23.5 Å². The zero-order chi connectivity index (χ0) is 19.4. The molecule has 5 nitrogen and oxygen atoms in total. The van der Waals surface area contributed by atoms with Gasteiger partial charge in [-0.2, -0.15) is 11.8 Å². The molecule has 1 aliphatic carbocycles. The van der Waals surface area contributed by atoms with Crippen molar-refractivity contribution in [3.63, 3.8) is 0 Å². The second-order valence-corrected chi connectivity index (χ2v) is 8.43. The Morgan fingerprint density at radius 1 is 1.29 bits per heavy atom. The topological polar surface area (TPSA) is 63.2 Å². The minimum absolute atomic E-state index is 0.0632. The molecule has 1 fully saturated rings. The largest absolute Gasteiger partial charge is 0.370 e. The van der Waals surface area contributed by atoms with Gasteiger partial charge in [0.05, 0.1) is 24.5 Å². The molecule has 2 aliphatic rings. The highest BCUT2D eigenvalue weighted by molar-refractivity contribution is 7.99. The van der Waals surface area contributed by atoms with Gasteiger partial charge in [-0.25, -0.2) is 0 Å². The molecule has 2 N–H and O–H groups in total. The van der Waals surface area contributed by atoms with Crippen molar-refractivity contribution in [2.45, 2.75) is 37.0 Å². The molecule has 28 heavy (non-hydrogen) atoms. The summed E-state index contributed by atoms with van der Waals surface area (Å²) in [5, 5.41) is 6.75. The van der Waals surface area contributed by atoms with E-state index in [4.69, 9.17) is 4.74 Å². The van der Waals surface area contributed by atoms with E-state index in [1.165, 1.54) is 11.1 Å². The molecule has 1 aliphatic heterocycles. The van der Waals surface area contributed by atoms with Crippen LogP contribution in [-0.2, 0) is 21.6 Å². The van der Waals surface area contributed by atoms with E-state index in [9.17, 15) is 4.79 Å². The van der Waals surface area contributed by atoms with Crippen LogP contribution >= 0.6 is 11.8 Å². The minimum atomic E-state index is -0.120. The summed E-state index contributed by atoms with van der Waals surface area (Å²) in [6.07, 6.45) is 7.51. The van der Waals surface area contributed by atoms with Crippen LogP contribution in [0.2, 0.25) is 0 Å². The highest BCUT2D eigenvalue weighted by Crippen LogP contribution is 2.51. The number of carbonyl (C=O) groups is 1. The fourth-order valence-corrected chi connectivity index (χ4v) is 5.05. The Bertz CT molecular complexity index is 808. The van der Waals surface area contributed by atoms with Gasteiger partial charge in [-0.15, -0.1) is 0 Å². The number of benzene rings is 1. The first-order chi connectivity index (χ1) is 13.7. The standard InChI is InChI=1S/C22H27N3O2S/c1-28-15-19(26)25-20-17-6-2-3-7-18(17)22(8-11-23-12-9-22)21(20)27-14-16-5-4-10-24-13-16/h2-7,10,13,20-21,23H,8-9,11-12,14-15H2,1H3,(H,25,26)/t20-,21+/m1/s1. The molecular formula is C22H27N3O2S. The van der Waals surface area contributed by atoms with Gasteiger partial charge in [-0.3, -0.25) is 9.78 Å². The number of hydrogen-bond acceptors (Lipinski definition) is 5. The normalized spacial score (nSPS) is 22.8. The quantitative estimate of drug-likeness (QED) is 0.785. The smallest absolute Gasteiger partial charge is 0.230 e. The van der Waals surface area contributed by atoms with Crippen LogP contribution in [0.25, 0.3) is 0 Å². The van der Waals surface area contributed by atoms with Gasteiger partial charge in [-0.05, 0) is 54.9 Å². The Hall–Kier alpha value is -1.89. The van der Waals surface area contributed by atoms with Gasteiger partial charge in [0.2, 0.25) is 5.91 Å². The average molecular weight is 398 g/mol. The van der Waals surface area contributed by atoms with E-state index in [0.29, 0.717) is 12.4 Å². The number of ether oxygens (including phenoxy) is 1. The number of rotatable bonds is 6. The lowest BCUT2D eigenvalue weighted by Gasteiger charge is -2.41. The van der Waals surface area contributed by atoms with Crippen molar-refractivity contribution in [2.75, 3.05) is 25.1 Å². The second kappa shape index (κ2) is 8.64. The van der Waals surface area contributed by atoms with Gasteiger partial charge in [0.25, 0.3) is 0 Å². The lowest BCUT2D eigenvalue weighted by molar-refractivity contribution is -0.121. The summed E-state index contributed by atoms with van der Waals surface area (Å²) in [7, 11) is 0. The van der Waals surface area contributed by atoms with E-state index >= 15 is 0 Å². The van der Waals surface area contributed by atoms with Crippen molar-refractivity contribution < 1.29 is 9.53 Å². The van der Waals surface area contributed by atoms with Crippen LogP contribution < -0.4 is 10.6 Å². The molecule has 2 heterocycles. The molecule has 2 atom stereocenters. The van der Waals surface area contributed by atoms with E-state index in [0.717, 1.165) is 31.5 Å². The summed E-state index contributed by atoms with van der Waals surface area (Å²) in [5.74, 6) is 0.524. The van der Waals surface area contributed by atoms with Gasteiger partial charge < -0.3 is 15.4 Å². The van der Waals surface area contributed by atoms with Crippen LogP contribution in [-0.4, -0.2) is 42.1 Å². The number of hydrogen-bond donors (Lipinski definition) is 2. The SMILES string of the molecule is CSCC(=O)N[C@@H]1c2ccccc2C2(CCNCC2)[C@H]1OCc1cccnc1. The van der Waals surface area contributed by atoms with Crippen LogP contribution in [0.1, 0.15) is 35.6 Å². The highest BCUT2D eigenvalue weighted by atomic mass is 32.2. The monoisotopic (exact) mass is 397 g/mol. The molecule has 1 saturated heterocycles. The number of fused-ring (bicyclic) bond motifs is 2. The van der Waals surface area contributed by atoms with Gasteiger partial charge in [-0.1, -0.05) is 30.3 Å². The predicted molar refractivity (Wildman–Crippen MR) is 112 cm³/mol. The molecular weight excluding hydrogens is 370 g/mol. The lowest BCUT2D eigenvalue weighted by atomic mass is 9.72. The van der Waals surface area contributed by atoms with Crippen LogP contribution in [0.5, 0.6) is 0 Å². The van der Waals surface area contributed by atoms with Crippen molar-refractivity contribution >= 4 is 17.7 Å². The van der Waals surface area contributed by atoms with Crippen molar-refractivity contribution in [2.24, 2.45) is 0 Å². The van der Waals surface area contributed by atoms with Crippen molar-refractivity contribution in [3.05, 3.63) is 65.5 Å². The van der Waals surface area contributed by atoms with Gasteiger partial charge in [0.1, 0.15) is 0 Å². The number of nitrogens with zero attached hydrogens (tertiary/aromatic N) is 1. The Morgan fingerprint density at radius 2 is 2.11 bits per heavy atom. The Balaban J connectivity index is 1.67. The molecule has 0 unspecified atom stereocenters. The number of thioether (sulfide) groups is 1. The molecule has 148 valence electrons. The van der Waals surface area contributed by atoms with E-state index < -0.39 is 0 Å². The Morgan fingerprint density at radius 3 is 2.86 bits per heavy atom. The summed E-state index contributed by atoms with van der Waals surface area (Å²) in [5.41, 5.74) is 3.52. The molecule has 4 rings (SSSR count). The molecule has 0 radical (unpaired) electrons. The summed E-state index contributed by atoms with van der Waals surface area (Å²) < 4.78 is 6.57. The molecule has 0 bridgehead atoms. The van der Waals surface area contributed by atoms with Gasteiger partial charge in [0, 0.05) is 17.8 Å². The molecule has 0 saturated carbocycles. The highest BCUT2D eigenvalue weighted by Gasteiger charge is 2.53. The number of carbonyl (C=O) groups excluding carboxylic acids is 1. The maximum atomic E-state index is 12.5. The molecule has 2 aromatic rings. The van der Waals surface area contributed by atoms with Crippen molar-refractivity contribution in [1.29, 1.82) is 0 Å². The third kappa shape index (κ3) is 3.69. The maximum absolute atomic E-state index is 12.5. The summed E-state index contributed by atoms with van der Waals surface area (Å²) in [4.78, 5) is 16.7. The number of nitrogens with one attached hydrogen (secondary N) is 2. The molecule has 1 aromatic heterocycles. The van der Waals surface area contributed by atoms with E-state index in [1.807, 2.05) is 24.6 Å². The van der Waals surface area contributed by atoms with Crippen LogP contribution in [0.3, 0.4) is 0 Å². The zero-order valence-electron chi connectivity index (χ0n) is 16.2. The Kier molecular flexibility index (Phi) is 5.99. The van der Waals surface area contributed by atoms with Gasteiger partial charge >= 0.3 is 0 Å². The fraction of sp³-hybridized carbons (Fsp3) is 0.455.